The van der Waals surface area contributed by atoms with Crippen LogP contribution in [0.2, 0.25) is 0 Å². The average Bonchev–Trinajstić information content (AvgIpc) is 3.43. The number of hydrogen-bond donors (Lipinski definition) is 3. The standard InChI is InChI=1S/C23H28N6O2/c1-26-12-15-10-17(31-2)11-18-19(15)13-28(23(18)30)21-9-5-8-20(27-21)22(25)29(14-24)16-6-3-4-7-16/h5,8-11,14,16,24-26H,3-4,6-7,12-13H2,1-2H3. The van der Waals surface area contributed by atoms with Crippen LogP contribution in [0.25, 0.3) is 0 Å². The number of aromatic nitrogens is 1. The fourth-order valence-corrected chi connectivity index (χ4v) is 4.48. The zero-order valence-electron chi connectivity index (χ0n) is 17.9. The maximum absolute atomic E-state index is 13.2. The summed E-state index contributed by atoms with van der Waals surface area (Å²) in [6.45, 7) is 1.06. The lowest BCUT2D eigenvalue weighted by Crippen LogP contribution is -2.38. The molecule has 1 aromatic heterocycles. The van der Waals surface area contributed by atoms with Gasteiger partial charge in [0.2, 0.25) is 0 Å². The summed E-state index contributed by atoms with van der Waals surface area (Å²) in [4.78, 5) is 21.2. The van der Waals surface area contributed by atoms with Crippen LogP contribution >= 0.6 is 0 Å². The average molecular weight is 421 g/mol. The number of rotatable bonds is 7. The molecule has 8 nitrogen and oxygen atoms in total. The molecule has 2 heterocycles. The molecule has 1 aliphatic carbocycles. The number of amidine groups is 1. The van der Waals surface area contributed by atoms with Crippen molar-refractivity contribution in [2.45, 2.75) is 44.8 Å². The predicted molar refractivity (Wildman–Crippen MR) is 120 cm³/mol. The van der Waals surface area contributed by atoms with Crippen molar-refractivity contribution in [1.29, 1.82) is 10.8 Å². The van der Waals surface area contributed by atoms with Crippen molar-refractivity contribution >= 4 is 23.9 Å². The Balaban J connectivity index is 1.63. The molecule has 2 aromatic rings. The minimum atomic E-state index is -0.123. The Morgan fingerprint density at radius 2 is 2.13 bits per heavy atom. The molecular formula is C23H28N6O2. The van der Waals surface area contributed by atoms with Crippen LogP contribution in [-0.4, -0.2) is 48.2 Å². The smallest absolute Gasteiger partial charge is 0.260 e. The fraction of sp³-hybridized carbons (Fsp3) is 0.391. The predicted octanol–water partition coefficient (Wildman–Crippen LogP) is 3.15. The van der Waals surface area contributed by atoms with Crippen LogP contribution < -0.4 is 15.0 Å². The summed E-state index contributed by atoms with van der Waals surface area (Å²) >= 11 is 0. The third-order valence-electron chi connectivity index (χ3n) is 6.08. The largest absolute Gasteiger partial charge is 0.497 e. The number of nitrogens with zero attached hydrogens (tertiary/aromatic N) is 3. The molecule has 1 aromatic carbocycles. The van der Waals surface area contributed by atoms with Gasteiger partial charge in [0, 0.05) is 18.2 Å². The van der Waals surface area contributed by atoms with E-state index in [9.17, 15) is 4.79 Å². The molecule has 0 atom stereocenters. The summed E-state index contributed by atoms with van der Waals surface area (Å²) in [5.74, 6) is 1.24. The summed E-state index contributed by atoms with van der Waals surface area (Å²) in [5, 5.41) is 19.6. The molecule has 1 aliphatic heterocycles. The van der Waals surface area contributed by atoms with Crippen LogP contribution in [0.5, 0.6) is 5.75 Å². The molecule has 31 heavy (non-hydrogen) atoms. The van der Waals surface area contributed by atoms with Gasteiger partial charge in [0.15, 0.2) is 5.84 Å². The molecule has 1 amide bonds. The molecule has 2 aliphatic rings. The summed E-state index contributed by atoms with van der Waals surface area (Å²) in [7, 11) is 3.47. The van der Waals surface area contributed by atoms with Crippen molar-refractivity contribution in [2.75, 3.05) is 19.1 Å². The van der Waals surface area contributed by atoms with Gasteiger partial charge >= 0.3 is 0 Å². The van der Waals surface area contributed by atoms with Crippen molar-refractivity contribution in [2.24, 2.45) is 0 Å². The highest BCUT2D eigenvalue weighted by Gasteiger charge is 2.32. The van der Waals surface area contributed by atoms with E-state index in [-0.39, 0.29) is 17.8 Å². The number of fused-ring (bicyclic) bond motifs is 1. The van der Waals surface area contributed by atoms with Crippen molar-refractivity contribution in [3.05, 3.63) is 52.7 Å². The highest BCUT2D eigenvalue weighted by molar-refractivity contribution is 6.10. The first-order chi connectivity index (χ1) is 15.1. The lowest BCUT2D eigenvalue weighted by atomic mass is 10.0. The second kappa shape index (κ2) is 8.85. The molecule has 8 heteroatoms. The zero-order valence-corrected chi connectivity index (χ0v) is 17.9. The van der Waals surface area contributed by atoms with Crippen molar-refractivity contribution in [3.63, 3.8) is 0 Å². The number of pyridine rings is 1. The fourth-order valence-electron chi connectivity index (χ4n) is 4.48. The van der Waals surface area contributed by atoms with Gasteiger partial charge in [0.1, 0.15) is 17.3 Å². The molecule has 162 valence electrons. The van der Waals surface area contributed by atoms with E-state index in [0.717, 1.165) is 36.8 Å². The van der Waals surface area contributed by atoms with E-state index in [1.807, 2.05) is 19.2 Å². The Hall–Kier alpha value is -3.26. The van der Waals surface area contributed by atoms with Gasteiger partial charge in [-0.05, 0) is 55.3 Å². The summed E-state index contributed by atoms with van der Waals surface area (Å²) in [6, 6.07) is 9.27. The highest BCUT2D eigenvalue weighted by Crippen LogP contribution is 2.33. The van der Waals surface area contributed by atoms with Gasteiger partial charge in [-0.1, -0.05) is 18.9 Å². The van der Waals surface area contributed by atoms with Crippen molar-refractivity contribution in [1.82, 2.24) is 15.2 Å². The van der Waals surface area contributed by atoms with E-state index < -0.39 is 0 Å². The number of methoxy groups -OCH3 is 1. The Bertz CT molecular complexity index is 1020. The number of hydrogen-bond acceptors (Lipinski definition) is 6. The first kappa shape index (κ1) is 21.0. The zero-order chi connectivity index (χ0) is 22.0. The molecule has 0 unspecified atom stereocenters. The Morgan fingerprint density at radius 3 is 2.81 bits per heavy atom. The van der Waals surface area contributed by atoms with E-state index in [0.29, 0.717) is 35.9 Å². The van der Waals surface area contributed by atoms with E-state index in [2.05, 4.69) is 10.3 Å². The lowest BCUT2D eigenvalue weighted by molar-refractivity contribution is 0.0995. The Morgan fingerprint density at radius 1 is 1.35 bits per heavy atom. The molecule has 4 rings (SSSR count). The molecule has 0 radical (unpaired) electrons. The first-order valence-electron chi connectivity index (χ1n) is 10.6. The molecule has 0 spiro atoms. The third kappa shape index (κ3) is 3.90. The molecule has 0 bridgehead atoms. The monoisotopic (exact) mass is 420 g/mol. The number of carbonyl (C=O) groups excluding carboxylic acids is 1. The second-order valence-corrected chi connectivity index (χ2v) is 7.94. The minimum absolute atomic E-state index is 0.123. The molecule has 1 fully saturated rings. The van der Waals surface area contributed by atoms with Crippen molar-refractivity contribution < 1.29 is 9.53 Å². The van der Waals surface area contributed by atoms with Gasteiger partial charge in [-0.25, -0.2) is 4.98 Å². The molecule has 1 saturated carbocycles. The van der Waals surface area contributed by atoms with Crippen LogP contribution in [0.15, 0.2) is 30.3 Å². The van der Waals surface area contributed by atoms with Gasteiger partial charge in [0.25, 0.3) is 5.91 Å². The minimum Gasteiger partial charge on any atom is -0.497 e. The number of anilines is 1. The van der Waals surface area contributed by atoms with Gasteiger partial charge in [-0.2, -0.15) is 0 Å². The third-order valence-corrected chi connectivity index (χ3v) is 6.08. The number of carbonyl (C=O) groups is 1. The maximum Gasteiger partial charge on any atom is 0.260 e. The summed E-state index contributed by atoms with van der Waals surface area (Å²) < 4.78 is 5.38. The summed E-state index contributed by atoms with van der Waals surface area (Å²) in [5.41, 5.74) is 3.07. The lowest BCUT2D eigenvalue weighted by Gasteiger charge is -2.26. The van der Waals surface area contributed by atoms with Gasteiger partial charge in [0.05, 0.1) is 20.0 Å². The van der Waals surface area contributed by atoms with Crippen LogP contribution in [0.1, 0.15) is 52.9 Å². The van der Waals surface area contributed by atoms with Gasteiger partial charge in [-0.3, -0.25) is 20.5 Å². The number of nitrogens with one attached hydrogen (secondary N) is 3. The molecular weight excluding hydrogens is 392 g/mol. The van der Waals surface area contributed by atoms with E-state index in [1.165, 1.54) is 6.34 Å². The van der Waals surface area contributed by atoms with Crippen molar-refractivity contribution in [3.8, 4) is 5.75 Å². The van der Waals surface area contributed by atoms with Gasteiger partial charge in [-0.15, -0.1) is 0 Å². The van der Waals surface area contributed by atoms with E-state index >= 15 is 0 Å². The van der Waals surface area contributed by atoms with Gasteiger partial charge < -0.3 is 15.0 Å². The topological polar surface area (TPSA) is 105 Å². The molecule has 3 N–H and O–H groups in total. The maximum atomic E-state index is 13.2. The highest BCUT2D eigenvalue weighted by atomic mass is 16.5. The Labute approximate surface area is 182 Å². The van der Waals surface area contributed by atoms with E-state index in [4.69, 9.17) is 15.6 Å². The van der Waals surface area contributed by atoms with E-state index in [1.54, 1.807) is 35.1 Å². The quantitative estimate of drug-likeness (QED) is 0.471. The Kier molecular flexibility index (Phi) is 5.99. The number of ether oxygens (including phenoxy) is 1. The van der Waals surface area contributed by atoms with Crippen LogP contribution in [0, 0.1) is 10.8 Å². The normalized spacial score (nSPS) is 15.8. The number of amides is 1. The second-order valence-electron chi connectivity index (χ2n) is 7.94. The van der Waals surface area contributed by atoms with Crippen LogP contribution in [0.4, 0.5) is 5.82 Å². The summed E-state index contributed by atoms with van der Waals surface area (Å²) in [6.07, 6.45) is 5.42. The SMILES string of the molecule is CNCc1cc(OC)cc2c1CN(c1cccc(C(=N)N(C=N)C3CCCC3)n1)C2=O. The first-order valence-corrected chi connectivity index (χ1v) is 10.6. The molecule has 0 saturated heterocycles. The van der Waals surface area contributed by atoms with Crippen LogP contribution in [0.3, 0.4) is 0 Å². The van der Waals surface area contributed by atoms with Crippen LogP contribution in [-0.2, 0) is 13.1 Å². The number of benzene rings is 1.